The summed E-state index contributed by atoms with van der Waals surface area (Å²) in [5.74, 6) is -0.0673. The van der Waals surface area contributed by atoms with Gasteiger partial charge in [-0.2, -0.15) is 0 Å². The first-order valence-electron chi connectivity index (χ1n) is 5.20. The Morgan fingerprint density at radius 1 is 1.44 bits per heavy atom. The highest BCUT2D eigenvalue weighted by molar-refractivity contribution is 5.89. The van der Waals surface area contributed by atoms with Crippen LogP contribution in [-0.2, 0) is 9.53 Å². The number of carbonyl (C=O) groups excluding carboxylic acids is 2. The van der Waals surface area contributed by atoms with Crippen LogP contribution in [0, 0.1) is 5.92 Å². The van der Waals surface area contributed by atoms with Crippen molar-refractivity contribution < 1.29 is 14.3 Å². The van der Waals surface area contributed by atoms with E-state index >= 15 is 0 Å². The lowest BCUT2D eigenvalue weighted by Crippen LogP contribution is -2.52. The predicted octanol–water partition coefficient (Wildman–Crippen LogP) is 0.211. The summed E-state index contributed by atoms with van der Waals surface area (Å²) in [7, 11) is 1.32. The van der Waals surface area contributed by atoms with Gasteiger partial charge in [0.1, 0.15) is 5.82 Å². The van der Waals surface area contributed by atoms with Gasteiger partial charge in [0.2, 0.25) is 5.91 Å². The van der Waals surface area contributed by atoms with Crippen LogP contribution >= 0.6 is 12.4 Å². The maximum Gasteiger partial charge on any atom is 0.339 e. The maximum absolute atomic E-state index is 11.2. The molecule has 2 N–H and O–H groups in total. The zero-order chi connectivity index (χ0) is 12.4. The number of aromatic nitrogens is 1. The van der Waals surface area contributed by atoms with Crippen molar-refractivity contribution in [3.63, 3.8) is 0 Å². The number of anilines is 1. The minimum absolute atomic E-state index is 0. The van der Waals surface area contributed by atoms with Crippen LogP contribution in [0.1, 0.15) is 10.4 Å². The van der Waals surface area contributed by atoms with Gasteiger partial charge in [-0.1, -0.05) is 0 Å². The summed E-state index contributed by atoms with van der Waals surface area (Å²) >= 11 is 0. The molecule has 1 aromatic rings. The van der Waals surface area contributed by atoms with Crippen molar-refractivity contribution in [2.24, 2.45) is 11.7 Å². The molecule has 2 rings (SSSR count). The van der Waals surface area contributed by atoms with Crippen LogP contribution in [0.3, 0.4) is 0 Å². The third-order valence-electron chi connectivity index (χ3n) is 2.78. The second kappa shape index (κ2) is 5.68. The van der Waals surface area contributed by atoms with Crippen LogP contribution < -0.4 is 10.6 Å². The van der Waals surface area contributed by atoms with Crippen LogP contribution in [-0.4, -0.2) is 37.1 Å². The van der Waals surface area contributed by atoms with E-state index in [1.807, 2.05) is 4.90 Å². The van der Waals surface area contributed by atoms with Gasteiger partial charge in [0, 0.05) is 19.3 Å². The molecule has 7 heteroatoms. The Hall–Kier alpha value is -1.82. The van der Waals surface area contributed by atoms with Gasteiger partial charge >= 0.3 is 5.97 Å². The molecule has 0 bridgehead atoms. The molecule has 1 aliphatic heterocycles. The normalized spacial score (nSPS) is 14.4. The molecule has 1 fully saturated rings. The number of halogens is 1. The number of esters is 1. The molecule has 0 saturated carbocycles. The van der Waals surface area contributed by atoms with E-state index in [0.29, 0.717) is 18.7 Å². The predicted molar refractivity (Wildman–Crippen MR) is 67.7 cm³/mol. The largest absolute Gasteiger partial charge is 0.465 e. The zero-order valence-electron chi connectivity index (χ0n) is 9.83. The molecular formula is C11H14ClN3O3. The van der Waals surface area contributed by atoms with E-state index in [1.165, 1.54) is 13.3 Å². The molecule has 0 aliphatic carbocycles. The van der Waals surface area contributed by atoms with E-state index in [2.05, 4.69) is 9.72 Å². The van der Waals surface area contributed by atoms with Crippen molar-refractivity contribution in [2.45, 2.75) is 0 Å². The van der Waals surface area contributed by atoms with E-state index in [9.17, 15) is 9.59 Å². The fourth-order valence-electron chi connectivity index (χ4n) is 1.66. The number of rotatable bonds is 3. The average molecular weight is 272 g/mol. The quantitative estimate of drug-likeness (QED) is 0.795. The van der Waals surface area contributed by atoms with Gasteiger partial charge in [-0.05, 0) is 12.1 Å². The Morgan fingerprint density at radius 2 is 2.11 bits per heavy atom. The van der Waals surface area contributed by atoms with Gasteiger partial charge in [0.25, 0.3) is 0 Å². The third kappa shape index (κ3) is 2.70. The molecule has 18 heavy (non-hydrogen) atoms. The van der Waals surface area contributed by atoms with Gasteiger partial charge in [-0.15, -0.1) is 12.4 Å². The second-order valence-corrected chi connectivity index (χ2v) is 3.90. The smallest absolute Gasteiger partial charge is 0.339 e. The standard InChI is InChI=1S/C11H13N3O3.ClH/c1-17-11(16)7-2-3-9(13-4-7)14-5-8(6-14)10(12)15;/h2-4,8H,5-6H2,1H3,(H2,12,15);1H. The summed E-state index contributed by atoms with van der Waals surface area (Å²) in [6, 6.07) is 3.37. The molecule has 1 amide bonds. The van der Waals surface area contributed by atoms with Gasteiger partial charge < -0.3 is 15.4 Å². The van der Waals surface area contributed by atoms with Crippen LogP contribution in [0.5, 0.6) is 0 Å². The van der Waals surface area contributed by atoms with E-state index in [1.54, 1.807) is 12.1 Å². The summed E-state index contributed by atoms with van der Waals surface area (Å²) in [5.41, 5.74) is 5.58. The fraction of sp³-hybridized carbons (Fsp3) is 0.364. The Kier molecular flexibility index (Phi) is 4.49. The first kappa shape index (κ1) is 14.2. The summed E-state index contributed by atoms with van der Waals surface area (Å²) in [5, 5.41) is 0. The molecule has 1 aromatic heterocycles. The lowest BCUT2D eigenvalue weighted by Gasteiger charge is -2.38. The Balaban J connectivity index is 0.00000162. The number of amides is 1. The Morgan fingerprint density at radius 3 is 2.56 bits per heavy atom. The molecular weight excluding hydrogens is 258 g/mol. The minimum Gasteiger partial charge on any atom is -0.465 e. The monoisotopic (exact) mass is 271 g/mol. The fourth-order valence-corrected chi connectivity index (χ4v) is 1.66. The minimum atomic E-state index is -0.414. The highest BCUT2D eigenvalue weighted by atomic mass is 35.5. The molecule has 0 atom stereocenters. The Labute approximate surface area is 111 Å². The molecule has 0 radical (unpaired) electrons. The van der Waals surface area contributed by atoms with Crippen molar-refractivity contribution in [3.05, 3.63) is 23.9 Å². The Bertz CT molecular complexity index is 443. The molecule has 2 heterocycles. The number of methoxy groups -OCH3 is 1. The van der Waals surface area contributed by atoms with E-state index in [4.69, 9.17) is 5.73 Å². The SMILES string of the molecule is COC(=O)c1ccc(N2CC(C(N)=O)C2)nc1.Cl. The van der Waals surface area contributed by atoms with Crippen molar-refractivity contribution in [2.75, 3.05) is 25.1 Å². The summed E-state index contributed by atoms with van der Waals surface area (Å²) in [6.45, 7) is 1.17. The average Bonchev–Trinajstić information content (AvgIpc) is 2.26. The van der Waals surface area contributed by atoms with Gasteiger partial charge in [-0.3, -0.25) is 4.79 Å². The van der Waals surface area contributed by atoms with Crippen LogP contribution in [0.25, 0.3) is 0 Å². The lowest BCUT2D eigenvalue weighted by atomic mass is 10.00. The maximum atomic E-state index is 11.2. The number of nitrogens with zero attached hydrogens (tertiary/aromatic N) is 2. The molecule has 6 nitrogen and oxygen atoms in total. The number of hydrogen-bond acceptors (Lipinski definition) is 5. The van der Waals surface area contributed by atoms with Gasteiger partial charge in [0.05, 0.1) is 18.6 Å². The molecule has 0 unspecified atom stereocenters. The highest BCUT2D eigenvalue weighted by Gasteiger charge is 2.31. The number of nitrogens with two attached hydrogens (primary N) is 1. The van der Waals surface area contributed by atoms with Gasteiger partial charge in [0.15, 0.2) is 0 Å². The van der Waals surface area contributed by atoms with Crippen LogP contribution in [0.4, 0.5) is 5.82 Å². The van der Waals surface area contributed by atoms with Crippen molar-refractivity contribution >= 4 is 30.1 Å². The van der Waals surface area contributed by atoms with Crippen LogP contribution in [0.15, 0.2) is 18.3 Å². The van der Waals surface area contributed by atoms with Crippen molar-refractivity contribution in [3.8, 4) is 0 Å². The summed E-state index contributed by atoms with van der Waals surface area (Å²) in [4.78, 5) is 28.1. The van der Waals surface area contributed by atoms with Crippen molar-refractivity contribution in [1.29, 1.82) is 0 Å². The molecule has 0 spiro atoms. The van der Waals surface area contributed by atoms with Crippen LogP contribution in [0.2, 0.25) is 0 Å². The number of primary amides is 1. The second-order valence-electron chi connectivity index (χ2n) is 3.90. The summed E-state index contributed by atoms with van der Waals surface area (Å²) in [6.07, 6.45) is 1.46. The molecule has 1 saturated heterocycles. The van der Waals surface area contributed by atoms with Crippen molar-refractivity contribution in [1.82, 2.24) is 4.98 Å². The zero-order valence-corrected chi connectivity index (χ0v) is 10.6. The van der Waals surface area contributed by atoms with E-state index in [-0.39, 0.29) is 24.2 Å². The number of carbonyl (C=O) groups is 2. The third-order valence-corrected chi connectivity index (χ3v) is 2.78. The van der Waals surface area contributed by atoms with E-state index < -0.39 is 5.97 Å². The summed E-state index contributed by atoms with van der Waals surface area (Å²) < 4.78 is 4.57. The van der Waals surface area contributed by atoms with E-state index in [0.717, 1.165) is 5.82 Å². The topological polar surface area (TPSA) is 85.5 Å². The number of pyridine rings is 1. The van der Waals surface area contributed by atoms with Gasteiger partial charge in [-0.25, -0.2) is 9.78 Å². The number of ether oxygens (including phenoxy) is 1. The first-order chi connectivity index (χ1) is 8.11. The first-order valence-corrected chi connectivity index (χ1v) is 5.20. The lowest BCUT2D eigenvalue weighted by molar-refractivity contribution is -0.122. The highest BCUT2D eigenvalue weighted by Crippen LogP contribution is 2.22. The molecule has 98 valence electrons. The molecule has 0 aromatic carbocycles. The number of hydrogen-bond donors (Lipinski definition) is 1. The molecule has 1 aliphatic rings.